The molecule has 4 aromatic rings. The molecule has 3 heterocycles. The van der Waals surface area contributed by atoms with Crippen LogP contribution in [0, 0.1) is 13.8 Å². The third-order valence-corrected chi connectivity index (χ3v) is 4.33. The van der Waals surface area contributed by atoms with Crippen molar-refractivity contribution in [2.75, 3.05) is 0 Å². The Morgan fingerprint density at radius 1 is 1.04 bits per heavy atom. The second-order valence-corrected chi connectivity index (χ2v) is 6.53. The van der Waals surface area contributed by atoms with Gasteiger partial charge in [0.2, 0.25) is 0 Å². The maximum atomic E-state index is 12.9. The van der Waals surface area contributed by atoms with Crippen molar-refractivity contribution in [1.82, 2.24) is 20.1 Å². The Bertz CT molecular complexity index is 1110. The fourth-order valence-electron chi connectivity index (χ4n) is 2.96. The topological polar surface area (TPSA) is 73.0 Å². The van der Waals surface area contributed by atoms with Gasteiger partial charge < -0.3 is 9.73 Å². The third kappa shape index (κ3) is 3.71. The van der Waals surface area contributed by atoms with Crippen molar-refractivity contribution in [2.45, 2.75) is 20.4 Å². The van der Waals surface area contributed by atoms with Crippen molar-refractivity contribution in [3.63, 3.8) is 0 Å². The van der Waals surface area contributed by atoms with Gasteiger partial charge in [0, 0.05) is 11.9 Å². The van der Waals surface area contributed by atoms with Gasteiger partial charge >= 0.3 is 0 Å². The molecule has 0 saturated heterocycles. The molecule has 28 heavy (non-hydrogen) atoms. The monoisotopic (exact) mass is 372 g/mol. The van der Waals surface area contributed by atoms with Crippen LogP contribution in [0.5, 0.6) is 0 Å². The summed E-state index contributed by atoms with van der Waals surface area (Å²) in [5.74, 6) is 1.10. The number of benzene rings is 1. The van der Waals surface area contributed by atoms with Crippen LogP contribution in [-0.4, -0.2) is 20.7 Å². The number of hydrogen-bond acceptors (Lipinski definition) is 4. The van der Waals surface area contributed by atoms with E-state index in [1.54, 1.807) is 10.9 Å². The summed E-state index contributed by atoms with van der Waals surface area (Å²) >= 11 is 0. The van der Waals surface area contributed by atoms with E-state index in [1.165, 1.54) is 0 Å². The molecule has 0 aliphatic heterocycles. The minimum Gasteiger partial charge on any atom is -0.460 e. The number of carbonyl (C=O) groups excluding carboxylic acids is 1. The molecule has 6 heteroatoms. The zero-order chi connectivity index (χ0) is 19.5. The van der Waals surface area contributed by atoms with E-state index in [9.17, 15) is 4.79 Å². The van der Waals surface area contributed by atoms with Gasteiger partial charge in [-0.15, -0.1) is 0 Å². The van der Waals surface area contributed by atoms with Crippen molar-refractivity contribution in [2.24, 2.45) is 0 Å². The van der Waals surface area contributed by atoms with Crippen molar-refractivity contribution < 1.29 is 9.21 Å². The molecular formula is C22H20N4O2. The molecule has 140 valence electrons. The van der Waals surface area contributed by atoms with Gasteiger partial charge in [0.15, 0.2) is 5.76 Å². The Kier molecular flexibility index (Phi) is 4.76. The average Bonchev–Trinajstić information content (AvgIpc) is 3.33. The van der Waals surface area contributed by atoms with Crippen molar-refractivity contribution >= 4 is 5.91 Å². The lowest BCUT2D eigenvalue weighted by Crippen LogP contribution is -2.23. The van der Waals surface area contributed by atoms with Crippen molar-refractivity contribution in [1.29, 1.82) is 0 Å². The highest BCUT2D eigenvalue weighted by Crippen LogP contribution is 2.25. The number of para-hydroxylation sites is 1. The number of pyridine rings is 1. The largest absolute Gasteiger partial charge is 0.460 e. The maximum absolute atomic E-state index is 12.9. The smallest absolute Gasteiger partial charge is 0.255 e. The summed E-state index contributed by atoms with van der Waals surface area (Å²) in [5.41, 5.74) is 3.54. The molecule has 0 aliphatic carbocycles. The van der Waals surface area contributed by atoms with E-state index >= 15 is 0 Å². The maximum Gasteiger partial charge on any atom is 0.255 e. The summed E-state index contributed by atoms with van der Waals surface area (Å²) in [5, 5.41) is 7.53. The number of carbonyl (C=O) groups is 1. The molecule has 0 aliphatic rings. The Morgan fingerprint density at radius 3 is 2.57 bits per heavy atom. The van der Waals surface area contributed by atoms with Crippen LogP contribution in [-0.2, 0) is 6.54 Å². The van der Waals surface area contributed by atoms with Gasteiger partial charge in [0.05, 0.1) is 23.5 Å². The van der Waals surface area contributed by atoms with Gasteiger partial charge in [-0.25, -0.2) is 4.68 Å². The molecule has 0 saturated carbocycles. The van der Waals surface area contributed by atoms with Crippen LogP contribution < -0.4 is 5.32 Å². The van der Waals surface area contributed by atoms with Gasteiger partial charge in [-0.05, 0) is 50.2 Å². The van der Waals surface area contributed by atoms with E-state index in [2.05, 4.69) is 15.4 Å². The van der Waals surface area contributed by atoms with Gasteiger partial charge in [-0.2, -0.15) is 5.10 Å². The van der Waals surface area contributed by atoms with Crippen LogP contribution >= 0.6 is 0 Å². The standard InChI is InChI=1S/C22H20N4O2/c1-15-7-6-8-17(24-15)13-23-22(27)19-14-26(18-9-4-3-5-10-18)25-21(19)20-12-11-16(2)28-20/h3-12,14H,13H2,1-2H3,(H,23,27). The first kappa shape index (κ1) is 17.7. The summed E-state index contributed by atoms with van der Waals surface area (Å²) in [7, 11) is 0. The van der Waals surface area contributed by atoms with Crippen molar-refractivity contribution in [3.8, 4) is 17.1 Å². The Morgan fingerprint density at radius 2 is 1.86 bits per heavy atom. The number of hydrogen-bond donors (Lipinski definition) is 1. The number of aromatic nitrogens is 3. The van der Waals surface area contributed by atoms with Gasteiger partial charge in [-0.3, -0.25) is 9.78 Å². The molecule has 0 radical (unpaired) electrons. The zero-order valence-corrected chi connectivity index (χ0v) is 15.7. The molecule has 1 aromatic carbocycles. The quantitative estimate of drug-likeness (QED) is 0.573. The normalized spacial score (nSPS) is 10.8. The third-order valence-electron chi connectivity index (χ3n) is 4.33. The fraction of sp³-hybridized carbons (Fsp3) is 0.136. The molecule has 6 nitrogen and oxygen atoms in total. The van der Waals surface area contributed by atoms with Crippen LogP contribution in [0.1, 0.15) is 27.5 Å². The van der Waals surface area contributed by atoms with Crippen LogP contribution in [0.25, 0.3) is 17.1 Å². The molecule has 4 rings (SSSR count). The first-order valence-electron chi connectivity index (χ1n) is 9.03. The van der Waals surface area contributed by atoms with Crippen LogP contribution in [0.3, 0.4) is 0 Å². The molecule has 1 amide bonds. The molecule has 0 unspecified atom stereocenters. The number of aryl methyl sites for hydroxylation is 2. The molecule has 3 aromatic heterocycles. The zero-order valence-electron chi connectivity index (χ0n) is 15.7. The number of nitrogens with zero attached hydrogens (tertiary/aromatic N) is 3. The summed E-state index contributed by atoms with van der Waals surface area (Å²) in [6, 6.07) is 19.1. The molecule has 0 bridgehead atoms. The van der Waals surface area contributed by atoms with E-state index in [-0.39, 0.29) is 5.91 Å². The lowest BCUT2D eigenvalue weighted by molar-refractivity contribution is 0.0951. The van der Waals surface area contributed by atoms with Crippen molar-refractivity contribution in [3.05, 3.63) is 89.6 Å². The Labute approximate surface area is 162 Å². The molecular weight excluding hydrogens is 352 g/mol. The fourth-order valence-corrected chi connectivity index (χ4v) is 2.96. The molecule has 0 atom stereocenters. The lowest BCUT2D eigenvalue weighted by Gasteiger charge is -2.05. The summed E-state index contributed by atoms with van der Waals surface area (Å²) in [4.78, 5) is 17.3. The van der Waals surface area contributed by atoms with E-state index in [4.69, 9.17) is 4.42 Å². The van der Waals surface area contributed by atoms with Gasteiger partial charge in [0.1, 0.15) is 11.5 Å². The minimum absolute atomic E-state index is 0.227. The first-order chi connectivity index (χ1) is 13.6. The number of amides is 1. The first-order valence-corrected chi connectivity index (χ1v) is 9.03. The Hall–Kier alpha value is -3.67. The summed E-state index contributed by atoms with van der Waals surface area (Å²) in [6.45, 7) is 4.13. The highest BCUT2D eigenvalue weighted by atomic mass is 16.3. The van der Waals surface area contributed by atoms with E-state index in [0.717, 1.165) is 22.8 Å². The second-order valence-electron chi connectivity index (χ2n) is 6.53. The number of rotatable bonds is 5. The van der Waals surface area contributed by atoms with E-state index in [0.29, 0.717) is 23.6 Å². The Balaban J connectivity index is 1.66. The molecule has 0 spiro atoms. The lowest BCUT2D eigenvalue weighted by atomic mass is 10.2. The van der Waals surface area contributed by atoms with E-state index < -0.39 is 0 Å². The van der Waals surface area contributed by atoms with Gasteiger partial charge in [-0.1, -0.05) is 24.3 Å². The van der Waals surface area contributed by atoms with Crippen LogP contribution in [0.15, 0.2) is 71.3 Å². The number of furan rings is 1. The average molecular weight is 372 g/mol. The predicted molar refractivity (Wildman–Crippen MR) is 106 cm³/mol. The van der Waals surface area contributed by atoms with Gasteiger partial charge in [0.25, 0.3) is 5.91 Å². The molecule has 1 N–H and O–H groups in total. The highest BCUT2D eigenvalue weighted by Gasteiger charge is 2.21. The van der Waals surface area contributed by atoms with Crippen LogP contribution in [0.2, 0.25) is 0 Å². The summed E-state index contributed by atoms with van der Waals surface area (Å²) < 4.78 is 7.41. The number of nitrogens with one attached hydrogen (secondary N) is 1. The van der Waals surface area contributed by atoms with Crippen LogP contribution in [0.4, 0.5) is 0 Å². The predicted octanol–water partition coefficient (Wildman–Crippen LogP) is 4.07. The summed E-state index contributed by atoms with van der Waals surface area (Å²) in [6.07, 6.45) is 1.72. The minimum atomic E-state index is -0.227. The SMILES string of the molecule is Cc1cccc(CNC(=O)c2cn(-c3ccccc3)nc2-c2ccc(C)o2)n1. The molecule has 0 fully saturated rings. The highest BCUT2D eigenvalue weighted by molar-refractivity contribution is 5.99. The van der Waals surface area contributed by atoms with E-state index in [1.807, 2.05) is 74.5 Å². The second kappa shape index (κ2) is 7.52.